The minimum Gasteiger partial charge on any atom is -0.497 e. The van der Waals surface area contributed by atoms with Crippen molar-refractivity contribution in [2.24, 2.45) is 5.41 Å². The summed E-state index contributed by atoms with van der Waals surface area (Å²) in [4.78, 5) is 22.9. The van der Waals surface area contributed by atoms with E-state index in [1.54, 1.807) is 27.9 Å². The molecule has 0 aliphatic heterocycles. The first kappa shape index (κ1) is 18.0. The van der Waals surface area contributed by atoms with E-state index < -0.39 is 17.5 Å². The minimum atomic E-state index is -1.01. The number of nitrogens with one attached hydrogen (secondary N) is 1. The Labute approximate surface area is 130 Å². The van der Waals surface area contributed by atoms with E-state index in [2.05, 4.69) is 5.32 Å². The molecule has 0 spiro atoms. The van der Waals surface area contributed by atoms with Crippen molar-refractivity contribution in [3.05, 3.63) is 29.8 Å². The summed E-state index contributed by atoms with van der Waals surface area (Å²) in [7, 11) is 1.58. The lowest BCUT2D eigenvalue weighted by Gasteiger charge is -2.21. The Hall–Kier alpha value is -2.08. The highest BCUT2D eigenvalue weighted by Crippen LogP contribution is 2.15. The Kier molecular flexibility index (Phi) is 6.37. The van der Waals surface area contributed by atoms with E-state index in [9.17, 15) is 9.59 Å². The highest BCUT2D eigenvalue weighted by Gasteiger charge is 2.28. The fourth-order valence-corrected chi connectivity index (χ4v) is 1.59. The molecule has 2 N–H and O–H groups in total. The summed E-state index contributed by atoms with van der Waals surface area (Å²) in [5, 5.41) is 11.6. The molecule has 0 saturated heterocycles. The fourth-order valence-electron chi connectivity index (χ4n) is 1.59. The smallest absolute Gasteiger partial charge is 0.310 e. The zero-order chi connectivity index (χ0) is 16.8. The molecule has 0 aliphatic rings. The number of rotatable bonds is 8. The van der Waals surface area contributed by atoms with Crippen molar-refractivity contribution >= 4 is 11.9 Å². The molecule has 1 atom stereocenters. The number of benzene rings is 1. The Bertz CT molecular complexity index is 527. The number of hydrogen-bond donors (Lipinski definition) is 2. The van der Waals surface area contributed by atoms with Gasteiger partial charge in [0.15, 0.2) is 0 Å². The molecule has 22 heavy (non-hydrogen) atoms. The molecule has 0 aliphatic carbocycles. The van der Waals surface area contributed by atoms with Gasteiger partial charge >= 0.3 is 5.97 Å². The van der Waals surface area contributed by atoms with Crippen molar-refractivity contribution < 1.29 is 24.2 Å². The predicted molar refractivity (Wildman–Crippen MR) is 81.7 cm³/mol. The molecule has 0 saturated carbocycles. The van der Waals surface area contributed by atoms with Gasteiger partial charge in [0.25, 0.3) is 0 Å². The number of methoxy groups -OCH3 is 1. The monoisotopic (exact) mass is 309 g/mol. The van der Waals surface area contributed by atoms with Crippen LogP contribution in [0.25, 0.3) is 0 Å². The number of hydrogen-bond acceptors (Lipinski definition) is 4. The van der Waals surface area contributed by atoms with Crippen molar-refractivity contribution in [3.8, 4) is 5.75 Å². The SMILES string of the molecule is COc1cccc(COC(C)C(=O)NCC(C)(C)C(=O)O)c1. The first-order chi connectivity index (χ1) is 10.3. The van der Waals surface area contributed by atoms with Gasteiger partial charge in [-0.1, -0.05) is 12.1 Å². The van der Waals surface area contributed by atoms with Crippen LogP contribution in [0.1, 0.15) is 26.3 Å². The van der Waals surface area contributed by atoms with E-state index in [1.165, 1.54) is 0 Å². The third kappa shape index (κ3) is 5.37. The molecule has 1 aromatic rings. The van der Waals surface area contributed by atoms with E-state index in [0.29, 0.717) is 0 Å². The molecule has 122 valence electrons. The van der Waals surface area contributed by atoms with Crippen LogP contribution in [0.4, 0.5) is 0 Å². The van der Waals surface area contributed by atoms with Gasteiger partial charge < -0.3 is 19.9 Å². The van der Waals surface area contributed by atoms with Crippen LogP contribution >= 0.6 is 0 Å². The third-order valence-corrected chi connectivity index (χ3v) is 3.29. The largest absolute Gasteiger partial charge is 0.497 e. The van der Waals surface area contributed by atoms with Crippen LogP contribution in [0.3, 0.4) is 0 Å². The second-order valence-electron chi connectivity index (χ2n) is 5.71. The number of aliphatic carboxylic acids is 1. The number of carboxylic acid groups (broad SMARTS) is 1. The van der Waals surface area contributed by atoms with Crippen molar-refractivity contribution in [1.29, 1.82) is 0 Å². The molecule has 1 rings (SSSR count). The van der Waals surface area contributed by atoms with Crippen molar-refractivity contribution in [3.63, 3.8) is 0 Å². The maximum absolute atomic E-state index is 11.9. The van der Waals surface area contributed by atoms with Gasteiger partial charge in [0.1, 0.15) is 11.9 Å². The lowest BCUT2D eigenvalue weighted by atomic mass is 9.94. The maximum atomic E-state index is 11.9. The number of ether oxygens (including phenoxy) is 2. The molecule has 1 aromatic carbocycles. The van der Waals surface area contributed by atoms with Crippen LogP contribution < -0.4 is 10.1 Å². The highest BCUT2D eigenvalue weighted by atomic mass is 16.5. The molecule has 0 bridgehead atoms. The van der Waals surface area contributed by atoms with E-state index in [4.69, 9.17) is 14.6 Å². The number of amides is 1. The van der Waals surface area contributed by atoms with Crippen molar-refractivity contribution in [2.45, 2.75) is 33.5 Å². The van der Waals surface area contributed by atoms with Crippen molar-refractivity contribution in [2.75, 3.05) is 13.7 Å². The van der Waals surface area contributed by atoms with Gasteiger partial charge in [-0.05, 0) is 38.5 Å². The Balaban J connectivity index is 2.46. The molecular weight excluding hydrogens is 286 g/mol. The lowest BCUT2D eigenvalue weighted by Crippen LogP contribution is -2.42. The van der Waals surface area contributed by atoms with Gasteiger partial charge in [-0.3, -0.25) is 9.59 Å². The maximum Gasteiger partial charge on any atom is 0.310 e. The Morgan fingerprint density at radius 2 is 2.05 bits per heavy atom. The zero-order valence-electron chi connectivity index (χ0n) is 13.4. The third-order valence-electron chi connectivity index (χ3n) is 3.29. The van der Waals surface area contributed by atoms with Crippen LogP contribution in [0.15, 0.2) is 24.3 Å². The van der Waals surface area contributed by atoms with Gasteiger partial charge in [-0.25, -0.2) is 0 Å². The van der Waals surface area contributed by atoms with Gasteiger partial charge in [0.05, 0.1) is 19.1 Å². The normalized spacial score (nSPS) is 12.5. The first-order valence-electron chi connectivity index (χ1n) is 7.02. The summed E-state index contributed by atoms with van der Waals surface area (Å²) < 4.78 is 10.6. The standard InChI is InChI=1S/C16H23NO5/c1-11(14(18)17-10-16(2,3)15(19)20)22-9-12-6-5-7-13(8-12)21-4/h5-8,11H,9-10H2,1-4H3,(H,17,18)(H,19,20). The Morgan fingerprint density at radius 1 is 1.36 bits per heavy atom. The van der Waals surface area contributed by atoms with E-state index in [0.717, 1.165) is 11.3 Å². The van der Waals surface area contributed by atoms with Crippen LogP contribution in [0.2, 0.25) is 0 Å². The van der Waals surface area contributed by atoms with Crippen molar-refractivity contribution in [1.82, 2.24) is 5.32 Å². The quantitative estimate of drug-likeness (QED) is 0.765. The fraction of sp³-hybridized carbons (Fsp3) is 0.500. The molecular formula is C16H23NO5. The summed E-state index contributed by atoms with van der Waals surface area (Å²) in [5.41, 5.74) is -0.118. The van der Waals surface area contributed by atoms with Crippen LogP contribution in [-0.2, 0) is 20.9 Å². The second-order valence-corrected chi connectivity index (χ2v) is 5.71. The molecule has 0 heterocycles. The summed E-state index contributed by atoms with van der Waals surface area (Å²) >= 11 is 0. The first-order valence-corrected chi connectivity index (χ1v) is 7.02. The van der Waals surface area contributed by atoms with Gasteiger partial charge in [0, 0.05) is 6.54 Å². The Morgan fingerprint density at radius 3 is 2.64 bits per heavy atom. The van der Waals surface area contributed by atoms with E-state index in [1.807, 2.05) is 24.3 Å². The topological polar surface area (TPSA) is 84.9 Å². The van der Waals surface area contributed by atoms with Gasteiger partial charge in [-0.2, -0.15) is 0 Å². The van der Waals surface area contributed by atoms with Crippen LogP contribution in [-0.4, -0.2) is 36.7 Å². The van der Waals surface area contributed by atoms with Gasteiger partial charge in [-0.15, -0.1) is 0 Å². The molecule has 6 heteroatoms. The van der Waals surface area contributed by atoms with Crippen LogP contribution in [0, 0.1) is 5.41 Å². The molecule has 1 unspecified atom stereocenters. The molecule has 1 amide bonds. The number of carbonyl (C=O) groups is 2. The second kappa shape index (κ2) is 7.79. The summed E-state index contributed by atoms with van der Waals surface area (Å²) in [5.74, 6) is -0.573. The average Bonchev–Trinajstić information content (AvgIpc) is 2.50. The molecule has 0 aromatic heterocycles. The van der Waals surface area contributed by atoms with E-state index >= 15 is 0 Å². The molecule has 6 nitrogen and oxygen atoms in total. The summed E-state index contributed by atoms with van der Waals surface area (Å²) in [6.45, 7) is 5.06. The average molecular weight is 309 g/mol. The van der Waals surface area contributed by atoms with E-state index in [-0.39, 0.29) is 19.1 Å². The van der Waals surface area contributed by atoms with Gasteiger partial charge in [0.2, 0.25) is 5.91 Å². The number of carbonyl (C=O) groups excluding carboxylic acids is 1. The highest BCUT2D eigenvalue weighted by molar-refractivity contribution is 5.81. The predicted octanol–water partition coefficient (Wildman–Crippen LogP) is 1.83. The van der Waals surface area contributed by atoms with Crippen LogP contribution in [0.5, 0.6) is 5.75 Å². The minimum absolute atomic E-state index is 0.0496. The summed E-state index contributed by atoms with van der Waals surface area (Å²) in [6, 6.07) is 7.38. The lowest BCUT2D eigenvalue weighted by molar-refractivity contribution is -0.147. The summed E-state index contributed by atoms with van der Waals surface area (Å²) in [6.07, 6.45) is -0.671. The molecule has 0 fully saturated rings. The molecule has 0 radical (unpaired) electrons. The number of carboxylic acids is 1. The zero-order valence-corrected chi connectivity index (χ0v) is 13.4.